The molecule has 0 aromatic rings. The predicted molar refractivity (Wildman–Crippen MR) is 27.4 cm³/mol. The van der Waals surface area contributed by atoms with Gasteiger partial charge in [-0.15, -0.1) is 6.58 Å². The van der Waals surface area contributed by atoms with Crippen LogP contribution in [-0.2, 0) is 0 Å². The van der Waals surface area contributed by atoms with Gasteiger partial charge in [0.05, 0.1) is 0 Å². The zero-order chi connectivity index (χ0) is 4.12. The lowest BCUT2D eigenvalue weighted by Gasteiger charge is -1.80. The van der Waals surface area contributed by atoms with Gasteiger partial charge >= 0.3 is 0 Å². The molecule has 0 heterocycles. The average Bonchev–Trinajstić information content (AvgIpc) is 1.41. The largest absolute Gasteiger partial charge is 0.344 e. The fourth-order valence-electron chi connectivity index (χ4n) is 0.0833. The first-order valence-electron chi connectivity index (χ1n) is 1.46. The van der Waals surface area contributed by atoms with Gasteiger partial charge in [0, 0.05) is 6.54 Å². The minimum absolute atomic E-state index is 0. The first kappa shape index (κ1) is 9.15. The molecule has 0 rings (SSSR count). The lowest BCUT2D eigenvalue weighted by Crippen LogP contribution is -2.20. The van der Waals surface area contributed by atoms with Gasteiger partial charge in [0.15, 0.2) is 0 Å². The van der Waals surface area contributed by atoms with Crippen LogP contribution >= 0.6 is 0 Å². The number of nitrogens with two attached hydrogens (primary N) is 1. The molecule has 0 amide bonds. The van der Waals surface area contributed by atoms with E-state index in [-0.39, 0.29) is 6.15 Å². The van der Waals surface area contributed by atoms with Crippen LogP contribution in [0.5, 0.6) is 0 Å². The van der Waals surface area contributed by atoms with Crippen molar-refractivity contribution in [3.8, 4) is 0 Å². The molecule has 0 radical (unpaired) electrons. The maximum Gasteiger partial charge on any atom is 0.0275 e. The summed E-state index contributed by atoms with van der Waals surface area (Å²) in [6.07, 6.45) is 1.69. The molecule has 6 N–H and O–H groups in total. The number of hydrazine groups is 1. The van der Waals surface area contributed by atoms with E-state index in [1.807, 2.05) is 0 Å². The van der Waals surface area contributed by atoms with Crippen LogP contribution in [-0.4, -0.2) is 6.54 Å². The zero-order valence-electron chi connectivity index (χ0n) is 3.78. The highest BCUT2D eigenvalue weighted by Gasteiger charge is 1.56. The van der Waals surface area contributed by atoms with Crippen molar-refractivity contribution in [2.75, 3.05) is 6.54 Å². The van der Waals surface area contributed by atoms with Gasteiger partial charge in [0.1, 0.15) is 0 Å². The van der Waals surface area contributed by atoms with Gasteiger partial charge in [-0.05, 0) is 0 Å². The van der Waals surface area contributed by atoms with Crippen molar-refractivity contribution < 1.29 is 0 Å². The average molecular weight is 89.1 g/mol. The van der Waals surface area contributed by atoms with Gasteiger partial charge in [-0.3, -0.25) is 11.3 Å². The van der Waals surface area contributed by atoms with Gasteiger partial charge in [-0.2, -0.15) is 0 Å². The van der Waals surface area contributed by atoms with Crippen LogP contribution in [0.15, 0.2) is 12.7 Å². The summed E-state index contributed by atoms with van der Waals surface area (Å²) in [4.78, 5) is 0. The summed E-state index contributed by atoms with van der Waals surface area (Å²) in [5.74, 6) is 4.82. The number of rotatable bonds is 2. The van der Waals surface area contributed by atoms with Gasteiger partial charge < -0.3 is 6.15 Å². The Labute approximate surface area is 37.8 Å². The Morgan fingerprint density at radius 2 is 2.33 bits per heavy atom. The molecular weight excluding hydrogens is 78.1 g/mol. The van der Waals surface area contributed by atoms with E-state index in [1.54, 1.807) is 6.08 Å². The Morgan fingerprint density at radius 3 is 2.33 bits per heavy atom. The van der Waals surface area contributed by atoms with E-state index in [0.29, 0.717) is 6.54 Å². The smallest absolute Gasteiger partial charge is 0.0275 e. The fourth-order valence-corrected chi connectivity index (χ4v) is 0.0833. The molecule has 0 saturated carbocycles. The lowest BCUT2D eigenvalue weighted by molar-refractivity contribution is 0.824. The number of hydrogen-bond donors (Lipinski definition) is 3. The number of hydrogen-bond acceptors (Lipinski definition) is 3. The second kappa shape index (κ2) is 8.82. The van der Waals surface area contributed by atoms with Crippen LogP contribution in [0.4, 0.5) is 0 Å². The van der Waals surface area contributed by atoms with Crippen LogP contribution in [0.2, 0.25) is 0 Å². The summed E-state index contributed by atoms with van der Waals surface area (Å²) >= 11 is 0. The maximum atomic E-state index is 4.82. The topological polar surface area (TPSA) is 73.0 Å². The van der Waals surface area contributed by atoms with Crippen molar-refractivity contribution in [2.24, 2.45) is 5.84 Å². The molecule has 0 saturated heterocycles. The zero-order valence-corrected chi connectivity index (χ0v) is 3.78. The summed E-state index contributed by atoms with van der Waals surface area (Å²) in [5.41, 5.74) is 2.40. The Kier molecular flexibility index (Phi) is 13.5. The molecule has 0 aliphatic heterocycles. The van der Waals surface area contributed by atoms with Crippen LogP contribution in [0.3, 0.4) is 0 Å². The molecule has 0 atom stereocenters. The van der Waals surface area contributed by atoms with Crippen molar-refractivity contribution in [3.63, 3.8) is 0 Å². The minimum atomic E-state index is 0. The Bertz CT molecular complexity index is 27.2. The lowest BCUT2D eigenvalue weighted by atomic mass is 10.7. The molecular formula is C3H11N3. The van der Waals surface area contributed by atoms with Crippen molar-refractivity contribution in [3.05, 3.63) is 12.7 Å². The summed E-state index contributed by atoms with van der Waals surface area (Å²) in [5, 5.41) is 0. The van der Waals surface area contributed by atoms with Crippen molar-refractivity contribution in [1.29, 1.82) is 0 Å². The first-order chi connectivity index (χ1) is 2.41. The molecule has 0 bridgehead atoms. The van der Waals surface area contributed by atoms with Crippen LogP contribution in [0.1, 0.15) is 0 Å². The van der Waals surface area contributed by atoms with E-state index in [1.165, 1.54) is 0 Å². The minimum Gasteiger partial charge on any atom is -0.344 e. The van der Waals surface area contributed by atoms with Crippen molar-refractivity contribution in [1.82, 2.24) is 11.6 Å². The molecule has 0 aliphatic carbocycles. The highest BCUT2D eigenvalue weighted by molar-refractivity contribution is 4.66. The molecule has 3 nitrogen and oxygen atoms in total. The van der Waals surface area contributed by atoms with Gasteiger partial charge in [0.2, 0.25) is 0 Å². The molecule has 0 aliphatic rings. The van der Waals surface area contributed by atoms with Crippen molar-refractivity contribution >= 4 is 0 Å². The van der Waals surface area contributed by atoms with E-state index in [2.05, 4.69) is 12.0 Å². The number of nitrogens with one attached hydrogen (secondary N) is 1. The second-order valence-electron chi connectivity index (χ2n) is 0.697. The standard InChI is InChI=1S/C3H8N2.H3N/c1-2-3-5-4;/h2,5H,1,3-4H2;1H3. The maximum absolute atomic E-state index is 4.82. The van der Waals surface area contributed by atoms with E-state index in [0.717, 1.165) is 0 Å². The van der Waals surface area contributed by atoms with E-state index in [4.69, 9.17) is 5.84 Å². The third kappa shape index (κ3) is 9.47. The molecule has 0 fully saturated rings. The normalized spacial score (nSPS) is 6.17. The summed E-state index contributed by atoms with van der Waals surface area (Å²) in [6.45, 7) is 4.09. The molecule has 0 aromatic heterocycles. The van der Waals surface area contributed by atoms with Crippen LogP contribution in [0.25, 0.3) is 0 Å². The van der Waals surface area contributed by atoms with Gasteiger partial charge in [-0.25, -0.2) is 0 Å². The second-order valence-corrected chi connectivity index (χ2v) is 0.697. The Morgan fingerprint density at radius 1 is 1.83 bits per heavy atom. The first-order valence-corrected chi connectivity index (χ1v) is 1.46. The molecule has 6 heavy (non-hydrogen) atoms. The Balaban J connectivity index is 0. The highest BCUT2D eigenvalue weighted by atomic mass is 15.2. The molecule has 0 unspecified atom stereocenters. The summed E-state index contributed by atoms with van der Waals surface area (Å²) in [6, 6.07) is 0. The summed E-state index contributed by atoms with van der Waals surface area (Å²) in [7, 11) is 0. The molecule has 38 valence electrons. The third-order valence-corrected chi connectivity index (χ3v) is 0.262. The molecule has 0 aromatic carbocycles. The van der Waals surface area contributed by atoms with Gasteiger partial charge in [-0.1, -0.05) is 6.08 Å². The molecule has 3 heteroatoms. The van der Waals surface area contributed by atoms with Crippen molar-refractivity contribution in [2.45, 2.75) is 0 Å². The van der Waals surface area contributed by atoms with Crippen LogP contribution < -0.4 is 17.4 Å². The fraction of sp³-hybridized carbons (Fsp3) is 0.333. The molecule has 0 spiro atoms. The third-order valence-electron chi connectivity index (χ3n) is 0.262. The van der Waals surface area contributed by atoms with Gasteiger partial charge in [0.25, 0.3) is 0 Å². The predicted octanol–water partition coefficient (Wildman–Crippen LogP) is -0.202. The van der Waals surface area contributed by atoms with E-state index >= 15 is 0 Å². The highest BCUT2D eigenvalue weighted by Crippen LogP contribution is 1.46. The quantitative estimate of drug-likeness (QED) is 0.249. The van der Waals surface area contributed by atoms with Crippen LogP contribution in [0, 0.1) is 0 Å². The monoisotopic (exact) mass is 89.1 g/mol. The van der Waals surface area contributed by atoms with E-state index < -0.39 is 0 Å². The SMILES string of the molecule is C=CCNN.N. The Hall–Kier alpha value is -0.380. The summed E-state index contributed by atoms with van der Waals surface area (Å²) < 4.78 is 0. The van der Waals surface area contributed by atoms with E-state index in [9.17, 15) is 0 Å².